The largest absolute Gasteiger partial charge is 0.493 e. The number of nitrogens with one attached hydrogen (secondary N) is 2. The lowest BCUT2D eigenvalue weighted by molar-refractivity contribution is 0.355. The summed E-state index contributed by atoms with van der Waals surface area (Å²) in [5, 5.41) is 5.86. The van der Waals surface area contributed by atoms with Crippen LogP contribution >= 0.6 is 15.9 Å². The van der Waals surface area contributed by atoms with E-state index in [1.807, 2.05) is 0 Å². The number of methoxy groups -OCH3 is 2. The molecule has 3 aromatic rings. The number of nitrogens with zero attached hydrogens (tertiary/aromatic N) is 3. The highest BCUT2D eigenvalue weighted by Crippen LogP contribution is 2.30. The standard InChI is InChI=1S/C17H15BrFN5O2/c1-25-14-6-4-11(8-15(14)26-2)22-16-20-9-21-17(24-16)23-13-5-3-10(18)7-12(13)19/h3-9H,1-2H3,(H2,20,21,22,23,24). The van der Waals surface area contributed by atoms with Crippen LogP contribution in [0.2, 0.25) is 0 Å². The van der Waals surface area contributed by atoms with E-state index in [-0.39, 0.29) is 11.6 Å². The van der Waals surface area contributed by atoms with Gasteiger partial charge in [-0.05, 0) is 30.3 Å². The van der Waals surface area contributed by atoms with Crippen LogP contribution in [0.4, 0.5) is 27.7 Å². The van der Waals surface area contributed by atoms with E-state index in [0.717, 1.165) is 0 Å². The third-order valence-corrected chi connectivity index (χ3v) is 3.88. The highest BCUT2D eigenvalue weighted by molar-refractivity contribution is 9.10. The minimum absolute atomic E-state index is 0.212. The first-order valence-corrected chi connectivity index (χ1v) is 8.28. The Hall–Kier alpha value is -2.94. The molecule has 0 unspecified atom stereocenters. The number of hydrogen-bond acceptors (Lipinski definition) is 7. The first-order valence-electron chi connectivity index (χ1n) is 7.49. The van der Waals surface area contributed by atoms with Gasteiger partial charge in [-0.1, -0.05) is 15.9 Å². The summed E-state index contributed by atoms with van der Waals surface area (Å²) < 4.78 is 25.0. The third kappa shape index (κ3) is 4.17. The van der Waals surface area contributed by atoms with Crippen LogP contribution in [0.15, 0.2) is 47.2 Å². The molecule has 0 fully saturated rings. The highest BCUT2D eigenvalue weighted by atomic mass is 79.9. The Labute approximate surface area is 157 Å². The van der Waals surface area contributed by atoms with Gasteiger partial charge in [0, 0.05) is 16.2 Å². The van der Waals surface area contributed by atoms with Crippen LogP contribution in [-0.4, -0.2) is 29.2 Å². The molecule has 1 aromatic heterocycles. The Balaban J connectivity index is 1.79. The smallest absolute Gasteiger partial charge is 0.232 e. The summed E-state index contributed by atoms with van der Waals surface area (Å²) in [5.74, 6) is 1.27. The van der Waals surface area contributed by atoms with Gasteiger partial charge in [0.15, 0.2) is 11.5 Å². The van der Waals surface area contributed by atoms with E-state index in [9.17, 15) is 4.39 Å². The van der Waals surface area contributed by atoms with E-state index < -0.39 is 5.82 Å². The lowest BCUT2D eigenvalue weighted by Crippen LogP contribution is -2.04. The van der Waals surface area contributed by atoms with E-state index >= 15 is 0 Å². The zero-order chi connectivity index (χ0) is 18.5. The lowest BCUT2D eigenvalue weighted by Gasteiger charge is -2.11. The predicted molar refractivity (Wildman–Crippen MR) is 100 cm³/mol. The molecule has 26 heavy (non-hydrogen) atoms. The fourth-order valence-electron chi connectivity index (χ4n) is 2.17. The summed E-state index contributed by atoms with van der Waals surface area (Å²) in [5.41, 5.74) is 0.964. The van der Waals surface area contributed by atoms with Crippen LogP contribution in [0.3, 0.4) is 0 Å². The normalized spacial score (nSPS) is 10.3. The van der Waals surface area contributed by atoms with E-state index in [0.29, 0.717) is 27.6 Å². The average Bonchev–Trinajstić information content (AvgIpc) is 2.64. The molecule has 7 nitrogen and oxygen atoms in total. The van der Waals surface area contributed by atoms with Crippen LogP contribution in [0.1, 0.15) is 0 Å². The van der Waals surface area contributed by atoms with Crippen LogP contribution in [-0.2, 0) is 0 Å². The molecule has 0 atom stereocenters. The van der Waals surface area contributed by atoms with Gasteiger partial charge in [0.2, 0.25) is 11.9 Å². The minimum atomic E-state index is -0.422. The number of aromatic nitrogens is 3. The molecule has 0 aliphatic carbocycles. The quantitative estimate of drug-likeness (QED) is 0.616. The van der Waals surface area contributed by atoms with Crippen LogP contribution < -0.4 is 20.1 Å². The molecule has 2 aromatic carbocycles. The maximum atomic E-state index is 13.9. The maximum Gasteiger partial charge on any atom is 0.232 e. The number of rotatable bonds is 6. The second-order valence-electron chi connectivity index (χ2n) is 5.08. The fourth-order valence-corrected chi connectivity index (χ4v) is 2.50. The van der Waals surface area contributed by atoms with Gasteiger partial charge in [0.1, 0.15) is 12.1 Å². The molecule has 2 N–H and O–H groups in total. The molecule has 0 bridgehead atoms. The second kappa shape index (κ2) is 7.96. The van der Waals surface area contributed by atoms with E-state index in [1.165, 1.54) is 12.4 Å². The Morgan fingerprint density at radius 1 is 0.923 bits per heavy atom. The van der Waals surface area contributed by atoms with E-state index in [4.69, 9.17) is 9.47 Å². The summed E-state index contributed by atoms with van der Waals surface area (Å²) in [7, 11) is 3.12. The number of anilines is 4. The monoisotopic (exact) mass is 419 g/mol. The van der Waals surface area contributed by atoms with Crippen LogP contribution in [0.5, 0.6) is 11.5 Å². The summed E-state index contributed by atoms with van der Waals surface area (Å²) in [6.45, 7) is 0. The molecule has 0 aliphatic heterocycles. The Bertz CT molecular complexity index is 925. The van der Waals surface area contributed by atoms with Gasteiger partial charge < -0.3 is 20.1 Å². The van der Waals surface area contributed by atoms with Gasteiger partial charge in [0.05, 0.1) is 19.9 Å². The van der Waals surface area contributed by atoms with Crippen molar-refractivity contribution in [2.24, 2.45) is 0 Å². The molecule has 134 valence electrons. The number of halogens is 2. The van der Waals surface area contributed by atoms with Crippen molar-refractivity contribution in [3.05, 3.63) is 53.0 Å². The predicted octanol–water partition coefficient (Wildman–Crippen LogP) is 4.28. The number of hydrogen-bond donors (Lipinski definition) is 2. The van der Waals surface area contributed by atoms with Crippen molar-refractivity contribution in [2.75, 3.05) is 24.9 Å². The molecule has 0 saturated carbocycles. The van der Waals surface area contributed by atoms with Crippen molar-refractivity contribution in [3.8, 4) is 11.5 Å². The minimum Gasteiger partial charge on any atom is -0.493 e. The van der Waals surface area contributed by atoms with Gasteiger partial charge in [-0.25, -0.2) is 14.4 Å². The number of benzene rings is 2. The van der Waals surface area contributed by atoms with Crippen molar-refractivity contribution in [2.45, 2.75) is 0 Å². The van der Waals surface area contributed by atoms with Crippen molar-refractivity contribution >= 4 is 39.2 Å². The van der Waals surface area contributed by atoms with Gasteiger partial charge in [-0.2, -0.15) is 4.98 Å². The lowest BCUT2D eigenvalue weighted by atomic mass is 10.3. The zero-order valence-corrected chi connectivity index (χ0v) is 15.5. The summed E-state index contributed by atoms with van der Waals surface area (Å²) in [6, 6.07) is 9.97. The zero-order valence-electron chi connectivity index (χ0n) is 14.0. The van der Waals surface area contributed by atoms with E-state index in [1.54, 1.807) is 44.6 Å². The van der Waals surface area contributed by atoms with Gasteiger partial charge in [0.25, 0.3) is 0 Å². The molecular weight excluding hydrogens is 405 g/mol. The van der Waals surface area contributed by atoms with Gasteiger partial charge >= 0.3 is 0 Å². The summed E-state index contributed by atoms with van der Waals surface area (Å²) in [6.07, 6.45) is 1.33. The molecular formula is C17H15BrFN5O2. The van der Waals surface area contributed by atoms with Crippen molar-refractivity contribution < 1.29 is 13.9 Å². The van der Waals surface area contributed by atoms with Crippen LogP contribution in [0, 0.1) is 5.82 Å². The SMILES string of the molecule is COc1ccc(Nc2ncnc(Nc3ccc(Br)cc3F)n2)cc1OC. The summed E-state index contributed by atoms with van der Waals surface area (Å²) in [4.78, 5) is 12.3. The topological polar surface area (TPSA) is 81.2 Å². The van der Waals surface area contributed by atoms with Crippen molar-refractivity contribution in [1.82, 2.24) is 15.0 Å². The van der Waals surface area contributed by atoms with Crippen LogP contribution in [0.25, 0.3) is 0 Å². The first kappa shape index (κ1) is 17.9. The highest BCUT2D eigenvalue weighted by Gasteiger charge is 2.08. The molecule has 3 rings (SSSR count). The Kier molecular flexibility index (Phi) is 5.47. The molecule has 0 saturated heterocycles. The maximum absolute atomic E-state index is 13.9. The van der Waals surface area contributed by atoms with Crippen molar-refractivity contribution in [1.29, 1.82) is 0 Å². The second-order valence-corrected chi connectivity index (χ2v) is 5.99. The molecule has 0 aliphatic rings. The van der Waals surface area contributed by atoms with Gasteiger partial charge in [-0.15, -0.1) is 0 Å². The molecule has 9 heteroatoms. The third-order valence-electron chi connectivity index (χ3n) is 3.39. The Morgan fingerprint density at radius 2 is 1.65 bits per heavy atom. The first-order chi connectivity index (χ1) is 12.6. The molecule has 1 heterocycles. The Morgan fingerprint density at radius 3 is 2.35 bits per heavy atom. The average molecular weight is 420 g/mol. The van der Waals surface area contributed by atoms with E-state index in [2.05, 4.69) is 41.5 Å². The molecule has 0 amide bonds. The van der Waals surface area contributed by atoms with Crippen molar-refractivity contribution in [3.63, 3.8) is 0 Å². The molecule has 0 spiro atoms. The molecule has 0 radical (unpaired) electrons. The number of ether oxygens (including phenoxy) is 2. The summed E-state index contributed by atoms with van der Waals surface area (Å²) >= 11 is 3.21. The fraction of sp³-hybridized carbons (Fsp3) is 0.118. The van der Waals surface area contributed by atoms with Gasteiger partial charge in [-0.3, -0.25) is 0 Å².